The Bertz CT molecular complexity index is 1620. The molecule has 0 saturated heterocycles. The van der Waals surface area contributed by atoms with Crippen molar-refractivity contribution in [1.29, 1.82) is 0 Å². The second-order valence-corrected chi connectivity index (χ2v) is 12.7. The van der Waals surface area contributed by atoms with Gasteiger partial charge in [0.1, 0.15) is 29.8 Å². The molecule has 52 heavy (non-hydrogen) atoms. The van der Waals surface area contributed by atoms with Crippen LogP contribution in [0, 0.1) is 12.8 Å². The SMILES string of the molecule is CCCCOC(=O)N[C@@H](CC(C)C)C(=O)N[C@@H](CO)C(=O)N[C@H](C(=O)N[C@@H](CCCN=C(N)N)C(=O)Nc1ccc2c(C)cc(=O)oc2c1)[C@@H](C)O. The van der Waals surface area contributed by atoms with E-state index >= 15 is 0 Å². The summed E-state index contributed by atoms with van der Waals surface area (Å²) in [5.41, 5.74) is 11.4. The Morgan fingerprint density at radius 1 is 0.904 bits per heavy atom. The maximum atomic E-state index is 13.5. The fourth-order valence-corrected chi connectivity index (χ4v) is 4.99. The highest BCUT2D eigenvalue weighted by Crippen LogP contribution is 2.21. The number of nitrogens with one attached hydrogen (secondary N) is 5. The van der Waals surface area contributed by atoms with Crippen LogP contribution in [0.1, 0.15) is 65.4 Å². The molecule has 0 radical (unpaired) electrons. The molecule has 1 aromatic heterocycles. The van der Waals surface area contributed by atoms with Crippen molar-refractivity contribution in [2.45, 2.75) is 97.0 Å². The highest BCUT2D eigenvalue weighted by molar-refractivity contribution is 6.00. The van der Waals surface area contributed by atoms with Crippen molar-refractivity contribution in [3.63, 3.8) is 0 Å². The molecule has 0 aliphatic heterocycles. The number of guanidine groups is 1. The maximum absolute atomic E-state index is 13.5. The van der Waals surface area contributed by atoms with Gasteiger partial charge in [-0.3, -0.25) is 24.2 Å². The van der Waals surface area contributed by atoms with E-state index in [1.807, 2.05) is 20.8 Å². The quantitative estimate of drug-likeness (QED) is 0.0372. The van der Waals surface area contributed by atoms with Crippen LogP contribution in [0.2, 0.25) is 0 Å². The molecular formula is C34H52N8O10. The molecule has 2 rings (SSSR count). The van der Waals surface area contributed by atoms with Crippen LogP contribution in [-0.2, 0) is 23.9 Å². The Labute approximate surface area is 301 Å². The number of aliphatic imine (C=N–C) groups is 1. The van der Waals surface area contributed by atoms with Crippen molar-refractivity contribution in [2.75, 3.05) is 25.1 Å². The largest absolute Gasteiger partial charge is 0.450 e. The molecule has 18 heteroatoms. The van der Waals surface area contributed by atoms with Gasteiger partial charge >= 0.3 is 11.7 Å². The Hall–Kier alpha value is -5.23. The third-order valence-corrected chi connectivity index (χ3v) is 7.72. The maximum Gasteiger partial charge on any atom is 0.407 e. The minimum atomic E-state index is -1.64. The van der Waals surface area contributed by atoms with Crippen LogP contribution in [0.15, 0.2) is 38.5 Å². The summed E-state index contributed by atoms with van der Waals surface area (Å²) in [7, 11) is 0. The first-order valence-electron chi connectivity index (χ1n) is 17.1. The van der Waals surface area contributed by atoms with E-state index in [1.165, 1.54) is 19.1 Å². The minimum absolute atomic E-state index is 0.0248. The van der Waals surface area contributed by atoms with Gasteiger partial charge in [-0.05, 0) is 63.1 Å². The van der Waals surface area contributed by atoms with Gasteiger partial charge in [0.05, 0.1) is 19.3 Å². The van der Waals surface area contributed by atoms with Crippen molar-refractivity contribution < 1.29 is 43.3 Å². The molecule has 0 aliphatic carbocycles. The number of nitrogens with zero attached hydrogens (tertiary/aromatic N) is 1. The summed E-state index contributed by atoms with van der Waals surface area (Å²) in [4.78, 5) is 81.3. The average Bonchev–Trinajstić information content (AvgIpc) is 3.06. The first-order valence-corrected chi connectivity index (χ1v) is 17.1. The lowest BCUT2D eigenvalue weighted by Crippen LogP contribution is -2.61. The summed E-state index contributed by atoms with van der Waals surface area (Å²) in [5, 5.41) is 33.5. The number of carbonyl (C=O) groups excluding carboxylic acids is 5. The smallest absolute Gasteiger partial charge is 0.407 e. The molecule has 5 atom stereocenters. The Morgan fingerprint density at radius 3 is 2.19 bits per heavy atom. The number of rotatable bonds is 20. The number of benzene rings is 1. The highest BCUT2D eigenvalue weighted by Gasteiger charge is 2.33. The van der Waals surface area contributed by atoms with Gasteiger partial charge in [0.15, 0.2) is 5.96 Å². The van der Waals surface area contributed by atoms with Crippen LogP contribution in [-0.4, -0.2) is 95.9 Å². The van der Waals surface area contributed by atoms with Crippen molar-refractivity contribution in [3.05, 3.63) is 40.2 Å². The number of aliphatic hydroxyl groups is 2. The zero-order valence-corrected chi connectivity index (χ0v) is 30.2. The fraction of sp³-hybridized carbons (Fsp3) is 0.559. The van der Waals surface area contributed by atoms with E-state index < -0.39 is 72.2 Å². The summed E-state index contributed by atoms with van der Waals surface area (Å²) < 4.78 is 10.3. The van der Waals surface area contributed by atoms with Crippen LogP contribution in [0.4, 0.5) is 10.5 Å². The van der Waals surface area contributed by atoms with Gasteiger partial charge in [0.2, 0.25) is 23.6 Å². The number of unbranched alkanes of at least 4 members (excludes halogenated alkanes) is 1. The monoisotopic (exact) mass is 732 g/mol. The zero-order valence-electron chi connectivity index (χ0n) is 30.2. The fourth-order valence-electron chi connectivity index (χ4n) is 4.99. The molecule has 0 unspecified atom stereocenters. The Balaban J connectivity index is 2.21. The number of carbonyl (C=O) groups is 5. The number of amides is 5. The third kappa shape index (κ3) is 14.2. The number of aliphatic hydroxyl groups excluding tert-OH is 2. The summed E-state index contributed by atoms with van der Waals surface area (Å²) >= 11 is 0. The van der Waals surface area contributed by atoms with E-state index in [2.05, 4.69) is 31.6 Å². The van der Waals surface area contributed by atoms with Gasteiger partial charge in [-0.25, -0.2) is 9.59 Å². The summed E-state index contributed by atoms with van der Waals surface area (Å²) in [6, 6.07) is 0.493. The van der Waals surface area contributed by atoms with Gasteiger partial charge in [0, 0.05) is 29.8 Å². The Kier molecular flexibility index (Phi) is 17.5. The predicted molar refractivity (Wildman–Crippen MR) is 193 cm³/mol. The van der Waals surface area contributed by atoms with Crippen molar-refractivity contribution >= 4 is 52.3 Å². The van der Waals surface area contributed by atoms with Crippen LogP contribution in [0.3, 0.4) is 0 Å². The van der Waals surface area contributed by atoms with E-state index in [9.17, 15) is 39.0 Å². The van der Waals surface area contributed by atoms with E-state index in [0.717, 1.165) is 6.42 Å². The topological polar surface area (TPSA) is 290 Å². The molecule has 1 aromatic carbocycles. The highest BCUT2D eigenvalue weighted by atomic mass is 16.5. The molecule has 0 saturated carbocycles. The van der Waals surface area contributed by atoms with Gasteiger partial charge in [-0.2, -0.15) is 0 Å². The van der Waals surface area contributed by atoms with E-state index in [-0.39, 0.29) is 55.6 Å². The average molecular weight is 733 g/mol. The lowest BCUT2D eigenvalue weighted by molar-refractivity contribution is -0.136. The number of aryl methyl sites for hydroxylation is 1. The molecular weight excluding hydrogens is 680 g/mol. The standard InChI is InChI=1S/C34H52N8O10/c1-6-7-13-51-34(50)41-24(14-18(2)3)30(47)40-25(17-43)31(48)42-28(20(5)44)32(49)39-23(9-8-12-37-33(35)36)29(46)38-21-10-11-22-19(4)15-27(45)52-26(22)16-21/h10-11,15-16,18,20,23-25,28,43-44H,6-9,12-14,17H2,1-5H3,(H,38,46)(H,39,49)(H,40,47)(H,41,50)(H,42,48)(H4,35,36,37)/t20-,23+,24+,25+,28+/m1/s1. The number of hydrogen-bond donors (Lipinski definition) is 9. The summed E-state index contributed by atoms with van der Waals surface area (Å²) in [6.45, 7) is 7.93. The van der Waals surface area contributed by atoms with Crippen LogP contribution in [0.5, 0.6) is 0 Å². The molecule has 0 fully saturated rings. The third-order valence-electron chi connectivity index (χ3n) is 7.72. The first-order chi connectivity index (χ1) is 24.6. The van der Waals surface area contributed by atoms with Gasteiger partial charge in [0.25, 0.3) is 0 Å². The molecule has 0 spiro atoms. The lowest BCUT2D eigenvalue weighted by atomic mass is 10.0. The van der Waals surface area contributed by atoms with Gasteiger partial charge in [-0.15, -0.1) is 0 Å². The Morgan fingerprint density at radius 2 is 1.58 bits per heavy atom. The van der Waals surface area contributed by atoms with Crippen LogP contribution < -0.4 is 43.7 Å². The van der Waals surface area contributed by atoms with Crippen molar-refractivity contribution in [3.8, 4) is 0 Å². The summed E-state index contributed by atoms with van der Waals surface area (Å²) in [5.74, 6) is -3.66. The first kappa shape index (κ1) is 42.9. The number of ether oxygens (including phenoxy) is 1. The summed E-state index contributed by atoms with van der Waals surface area (Å²) in [6.07, 6.45) is -0.433. The van der Waals surface area contributed by atoms with Crippen LogP contribution in [0.25, 0.3) is 11.0 Å². The molecule has 11 N–H and O–H groups in total. The van der Waals surface area contributed by atoms with Gasteiger partial charge in [-0.1, -0.05) is 27.2 Å². The zero-order chi connectivity index (χ0) is 39.0. The number of alkyl carbamates (subject to hydrolysis) is 1. The van der Waals surface area contributed by atoms with Crippen molar-refractivity contribution in [1.82, 2.24) is 21.3 Å². The molecule has 288 valence electrons. The number of anilines is 1. The molecule has 2 aromatic rings. The molecule has 18 nitrogen and oxygen atoms in total. The van der Waals surface area contributed by atoms with Crippen LogP contribution >= 0.6 is 0 Å². The second-order valence-electron chi connectivity index (χ2n) is 12.7. The minimum Gasteiger partial charge on any atom is -0.450 e. The molecule has 0 aliphatic rings. The van der Waals surface area contributed by atoms with E-state index in [1.54, 1.807) is 19.1 Å². The van der Waals surface area contributed by atoms with E-state index in [0.29, 0.717) is 17.4 Å². The predicted octanol–water partition coefficient (Wildman–Crippen LogP) is -0.138. The number of fused-ring (bicyclic) bond motifs is 1. The number of nitrogens with two attached hydrogens (primary N) is 2. The second kappa shape index (κ2) is 21.2. The van der Waals surface area contributed by atoms with Gasteiger partial charge < -0.3 is 57.4 Å². The molecule has 0 bridgehead atoms. The lowest BCUT2D eigenvalue weighted by Gasteiger charge is -2.27. The normalized spacial score (nSPS) is 13.9. The molecule has 5 amide bonds. The van der Waals surface area contributed by atoms with Crippen molar-refractivity contribution in [2.24, 2.45) is 22.4 Å². The number of hydrogen-bond acceptors (Lipinski definition) is 11. The van der Waals surface area contributed by atoms with E-state index in [4.69, 9.17) is 20.6 Å². The molecule has 1 heterocycles.